The number of aryl methyl sites for hydroxylation is 1. The van der Waals surface area contributed by atoms with Crippen molar-refractivity contribution in [2.24, 2.45) is 0 Å². The van der Waals surface area contributed by atoms with Gasteiger partial charge in [-0.15, -0.1) is 5.10 Å². The van der Waals surface area contributed by atoms with Crippen LogP contribution in [0.15, 0.2) is 24.3 Å². The van der Waals surface area contributed by atoms with Gasteiger partial charge >= 0.3 is 0 Å². The first-order chi connectivity index (χ1) is 9.67. The molecular weight excluding hydrogens is 272 g/mol. The second-order valence-corrected chi connectivity index (χ2v) is 5.20. The van der Waals surface area contributed by atoms with Crippen molar-refractivity contribution in [1.29, 1.82) is 0 Å². The average molecular weight is 290 g/mol. The molecule has 0 spiro atoms. The van der Waals surface area contributed by atoms with Crippen LogP contribution in [0.2, 0.25) is 0 Å². The van der Waals surface area contributed by atoms with E-state index >= 15 is 0 Å². The number of anilines is 2. The molecule has 0 atom stereocenters. The molecule has 0 aliphatic carbocycles. The van der Waals surface area contributed by atoms with Crippen LogP contribution in [-0.2, 0) is 6.42 Å². The molecule has 1 aromatic carbocycles. The zero-order valence-electron chi connectivity index (χ0n) is 11.7. The number of nitrogens with two attached hydrogens (primary N) is 1. The molecule has 0 saturated carbocycles. The topological polar surface area (TPSA) is 72.1 Å². The molecule has 2 aromatic rings. The predicted octanol–water partition coefficient (Wildman–Crippen LogP) is 2.74. The maximum atomic E-state index is 12.7. The SMILES string of the molecule is CCCc1nnsc1C(=O)N(CC)c1cccc(N)c1. The van der Waals surface area contributed by atoms with Crippen molar-refractivity contribution >= 4 is 28.8 Å². The predicted molar refractivity (Wildman–Crippen MR) is 82.1 cm³/mol. The fourth-order valence-electron chi connectivity index (χ4n) is 2.03. The fourth-order valence-corrected chi connectivity index (χ4v) is 2.69. The number of hydrogen-bond donors (Lipinski definition) is 1. The summed E-state index contributed by atoms with van der Waals surface area (Å²) < 4.78 is 3.91. The second kappa shape index (κ2) is 6.47. The molecule has 0 radical (unpaired) electrons. The van der Waals surface area contributed by atoms with E-state index in [4.69, 9.17) is 5.73 Å². The highest BCUT2D eigenvalue weighted by Gasteiger charge is 2.22. The number of nitrogens with zero attached hydrogens (tertiary/aromatic N) is 3. The van der Waals surface area contributed by atoms with Crippen molar-refractivity contribution in [1.82, 2.24) is 9.59 Å². The van der Waals surface area contributed by atoms with Gasteiger partial charge < -0.3 is 10.6 Å². The first-order valence-electron chi connectivity index (χ1n) is 6.66. The summed E-state index contributed by atoms with van der Waals surface area (Å²) in [6.07, 6.45) is 1.71. The maximum Gasteiger partial charge on any atom is 0.271 e. The summed E-state index contributed by atoms with van der Waals surface area (Å²) in [4.78, 5) is 15.0. The minimum absolute atomic E-state index is 0.0587. The van der Waals surface area contributed by atoms with Gasteiger partial charge in [0.05, 0.1) is 5.69 Å². The molecule has 0 fully saturated rings. The Labute approximate surface area is 122 Å². The molecule has 5 nitrogen and oxygen atoms in total. The molecule has 0 bridgehead atoms. The maximum absolute atomic E-state index is 12.7. The molecule has 0 saturated heterocycles. The molecule has 0 aliphatic rings. The lowest BCUT2D eigenvalue weighted by Gasteiger charge is -2.20. The summed E-state index contributed by atoms with van der Waals surface area (Å²) in [5.41, 5.74) is 8.01. The third-order valence-corrected chi connectivity index (χ3v) is 3.74. The van der Waals surface area contributed by atoms with Gasteiger partial charge in [0.25, 0.3) is 5.91 Å². The lowest BCUT2D eigenvalue weighted by molar-refractivity contribution is 0.0991. The number of amides is 1. The van der Waals surface area contributed by atoms with E-state index in [-0.39, 0.29) is 5.91 Å². The summed E-state index contributed by atoms with van der Waals surface area (Å²) in [6, 6.07) is 7.33. The number of benzene rings is 1. The molecule has 20 heavy (non-hydrogen) atoms. The number of carbonyl (C=O) groups excluding carboxylic acids is 1. The summed E-state index contributed by atoms with van der Waals surface area (Å²) in [6.45, 7) is 4.57. The van der Waals surface area contributed by atoms with Crippen molar-refractivity contribution in [3.05, 3.63) is 34.8 Å². The Morgan fingerprint density at radius 2 is 2.20 bits per heavy atom. The van der Waals surface area contributed by atoms with Crippen molar-refractivity contribution < 1.29 is 4.79 Å². The highest BCUT2D eigenvalue weighted by atomic mass is 32.1. The monoisotopic (exact) mass is 290 g/mol. The van der Waals surface area contributed by atoms with E-state index in [0.29, 0.717) is 17.1 Å². The fraction of sp³-hybridized carbons (Fsp3) is 0.357. The largest absolute Gasteiger partial charge is 0.399 e. The van der Waals surface area contributed by atoms with Crippen LogP contribution in [0.5, 0.6) is 0 Å². The summed E-state index contributed by atoms with van der Waals surface area (Å²) >= 11 is 1.16. The third-order valence-electron chi connectivity index (χ3n) is 2.98. The van der Waals surface area contributed by atoms with Gasteiger partial charge in [0.1, 0.15) is 4.88 Å². The van der Waals surface area contributed by atoms with E-state index in [0.717, 1.165) is 35.8 Å². The van der Waals surface area contributed by atoms with Gasteiger partial charge in [-0.1, -0.05) is 23.9 Å². The molecule has 1 heterocycles. The Morgan fingerprint density at radius 1 is 1.40 bits per heavy atom. The molecule has 0 aliphatic heterocycles. The Hall–Kier alpha value is -1.95. The van der Waals surface area contributed by atoms with Gasteiger partial charge in [-0.25, -0.2) is 0 Å². The van der Waals surface area contributed by atoms with Crippen LogP contribution >= 0.6 is 11.5 Å². The number of aromatic nitrogens is 2. The molecule has 0 unspecified atom stereocenters. The highest BCUT2D eigenvalue weighted by molar-refractivity contribution is 7.08. The summed E-state index contributed by atoms with van der Waals surface area (Å²) in [5.74, 6) is -0.0587. The lowest BCUT2D eigenvalue weighted by atomic mass is 10.2. The standard InChI is InChI=1S/C14H18N4OS/c1-3-6-12-13(20-17-16-12)14(19)18(4-2)11-8-5-7-10(15)9-11/h5,7-9H,3-4,6,15H2,1-2H3. The summed E-state index contributed by atoms with van der Waals surface area (Å²) in [7, 11) is 0. The zero-order chi connectivity index (χ0) is 14.5. The van der Waals surface area contributed by atoms with E-state index < -0.39 is 0 Å². The Bertz CT molecular complexity index is 596. The van der Waals surface area contributed by atoms with E-state index in [1.165, 1.54) is 0 Å². The van der Waals surface area contributed by atoms with Gasteiger partial charge in [-0.2, -0.15) is 0 Å². The third kappa shape index (κ3) is 2.96. The van der Waals surface area contributed by atoms with Gasteiger partial charge in [0.15, 0.2) is 0 Å². The molecule has 6 heteroatoms. The van der Waals surface area contributed by atoms with Gasteiger partial charge in [-0.3, -0.25) is 4.79 Å². The highest BCUT2D eigenvalue weighted by Crippen LogP contribution is 2.22. The average Bonchev–Trinajstić information content (AvgIpc) is 2.88. The van der Waals surface area contributed by atoms with Crippen LogP contribution in [-0.4, -0.2) is 22.0 Å². The first kappa shape index (κ1) is 14.5. The normalized spacial score (nSPS) is 10.5. The van der Waals surface area contributed by atoms with Crippen molar-refractivity contribution in [2.75, 3.05) is 17.2 Å². The van der Waals surface area contributed by atoms with Crippen LogP contribution in [0.3, 0.4) is 0 Å². The van der Waals surface area contributed by atoms with Crippen molar-refractivity contribution in [2.45, 2.75) is 26.7 Å². The summed E-state index contributed by atoms with van der Waals surface area (Å²) in [5, 5.41) is 4.05. The molecule has 1 amide bonds. The smallest absolute Gasteiger partial charge is 0.271 e. The van der Waals surface area contributed by atoms with E-state index in [1.807, 2.05) is 19.1 Å². The van der Waals surface area contributed by atoms with E-state index in [1.54, 1.807) is 17.0 Å². The van der Waals surface area contributed by atoms with Gasteiger partial charge in [0.2, 0.25) is 0 Å². The van der Waals surface area contributed by atoms with Crippen LogP contribution in [0.1, 0.15) is 35.6 Å². The van der Waals surface area contributed by atoms with Crippen LogP contribution in [0.4, 0.5) is 11.4 Å². The van der Waals surface area contributed by atoms with E-state index in [2.05, 4.69) is 16.5 Å². The molecule has 2 N–H and O–H groups in total. The molecule has 1 aromatic heterocycles. The minimum atomic E-state index is -0.0587. The quantitative estimate of drug-likeness (QED) is 0.859. The minimum Gasteiger partial charge on any atom is -0.399 e. The second-order valence-electron chi connectivity index (χ2n) is 4.44. The molecule has 2 rings (SSSR count). The number of carbonyl (C=O) groups is 1. The first-order valence-corrected chi connectivity index (χ1v) is 7.43. The number of rotatable bonds is 5. The van der Waals surface area contributed by atoms with Crippen molar-refractivity contribution in [3.8, 4) is 0 Å². The van der Waals surface area contributed by atoms with Crippen molar-refractivity contribution in [3.63, 3.8) is 0 Å². The van der Waals surface area contributed by atoms with Crippen LogP contribution in [0.25, 0.3) is 0 Å². The molecule has 106 valence electrons. The van der Waals surface area contributed by atoms with E-state index in [9.17, 15) is 4.79 Å². The number of hydrogen-bond acceptors (Lipinski definition) is 5. The van der Waals surface area contributed by atoms with Crippen LogP contribution < -0.4 is 10.6 Å². The number of nitrogen functional groups attached to an aromatic ring is 1. The van der Waals surface area contributed by atoms with Gasteiger partial charge in [-0.05, 0) is 43.1 Å². The van der Waals surface area contributed by atoms with Crippen LogP contribution in [0, 0.1) is 0 Å². The zero-order valence-corrected chi connectivity index (χ0v) is 12.5. The Morgan fingerprint density at radius 3 is 2.85 bits per heavy atom. The lowest BCUT2D eigenvalue weighted by Crippen LogP contribution is -2.30. The Kier molecular flexibility index (Phi) is 4.68. The van der Waals surface area contributed by atoms with Gasteiger partial charge in [0, 0.05) is 17.9 Å². The molecular formula is C14H18N4OS. The Balaban J connectivity index is 2.31.